The van der Waals surface area contributed by atoms with Crippen molar-refractivity contribution in [1.82, 2.24) is 4.57 Å². The Labute approximate surface area is 143 Å². The lowest BCUT2D eigenvalue weighted by molar-refractivity contribution is 0.383. The van der Waals surface area contributed by atoms with E-state index in [9.17, 15) is 9.59 Å². The molecule has 5 heteroatoms. The molecule has 0 aliphatic carbocycles. The highest BCUT2D eigenvalue weighted by Crippen LogP contribution is 2.29. The Morgan fingerprint density at radius 1 is 1.00 bits per heavy atom. The molecule has 0 N–H and O–H groups in total. The van der Waals surface area contributed by atoms with E-state index in [-0.39, 0.29) is 11.1 Å². The van der Waals surface area contributed by atoms with E-state index in [4.69, 9.17) is 0 Å². The molecule has 23 heavy (non-hydrogen) atoms. The summed E-state index contributed by atoms with van der Waals surface area (Å²) in [4.78, 5) is 25.8. The van der Waals surface area contributed by atoms with Crippen LogP contribution in [0.15, 0.2) is 32.5 Å². The maximum absolute atomic E-state index is 12.9. The Balaban J connectivity index is 2.22. The standard InChI is InChI=1S/C18H21NO2S2/c1-3-5-6-12(4-2)11-19-17(20)13-7-9-22-15(13)16-14(18(19)21)8-10-23-16/h7-10,12H,3-6,11H2,1-2H3. The first-order valence-electron chi connectivity index (χ1n) is 8.18. The summed E-state index contributed by atoms with van der Waals surface area (Å²) in [6, 6.07) is 3.70. The maximum Gasteiger partial charge on any atom is 0.262 e. The van der Waals surface area contributed by atoms with Gasteiger partial charge in [-0.05, 0) is 35.2 Å². The predicted molar refractivity (Wildman–Crippen MR) is 101 cm³/mol. The van der Waals surface area contributed by atoms with Gasteiger partial charge in [0.15, 0.2) is 0 Å². The normalized spacial score (nSPS) is 13.0. The lowest BCUT2D eigenvalue weighted by Crippen LogP contribution is -2.32. The fraction of sp³-hybridized carbons (Fsp3) is 0.444. The Kier molecular flexibility index (Phi) is 4.97. The maximum atomic E-state index is 12.9. The van der Waals surface area contributed by atoms with Crippen LogP contribution >= 0.6 is 22.7 Å². The van der Waals surface area contributed by atoms with Crippen molar-refractivity contribution in [3.8, 4) is 0 Å². The summed E-state index contributed by atoms with van der Waals surface area (Å²) in [5, 5.41) is 5.23. The van der Waals surface area contributed by atoms with E-state index in [0.29, 0.717) is 23.2 Å². The van der Waals surface area contributed by atoms with Crippen LogP contribution in [0.1, 0.15) is 39.5 Å². The minimum absolute atomic E-state index is 0.135. The highest BCUT2D eigenvalue weighted by Gasteiger charge is 2.15. The smallest absolute Gasteiger partial charge is 0.262 e. The van der Waals surface area contributed by atoms with Crippen molar-refractivity contribution >= 4 is 42.8 Å². The molecule has 3 heterocycles. The molecule has 0 amide bonds. The number of thiophene rings is 2. The number of fused-ring (bicyclic) bond motifs is 3. The number of rotatable bonds is 6. The van der Waals surface area contributed by atoms with Gasteiger partial charge in [-0.3, -0.25) is 14.2 Å². The average Bonchev–Trinajstić information content (AvgIpc) is 3.20. The monoisotopic (exact) mass is 347 g/mol. The van der Waals surface area contributed by atoms with Gasteiger partial charge in [0.1, 0.15) is 0 Å². The molecule has 122 valence electrons. The largest absolute Gasteiger partial charge is 0.274 e. The van der Waals surface area contributed by atoms with Crippen molar-refractivity contribution < 1.29 is 0 Å². The summed E-state index contributed by atoms with van der Waals surface area (Å²) in [6.07, 6.45) is 4.34. The van der Waals surface area contributed by atoms with Gasteiger partial charge < -0.3 is 0 Å². The molecule has 0 aliphatic heterocycles. The van der Waals surface area contributed by atoms with Crippen molar-refractivity contribution in [2.75, 3.05) is 0 Å². The first-order chi connectivity index (χ1) is 11.2. The van der Waals surface area contributed by atoms with Crippen LogP contribution in [0.2, 0.25) is 0 Å². The lowest BCUT2D eigenvalue weighted by atomic mass is 9.99. The van der Waals surface area contributed by atoms with Gasteiger partial charge in [0, 0.05) is 6.54 Å². The molecule has 3 aromatic heterocycles. The van der Waals surface area contributed by atoms with Gasteiger partial charge in [-0.2, -0.15) is 0 Å². The van der Waals surface area contributed by atoms with Gasteiger partial charge in [-0.1, -0.05) is 33.1 Å². The molecule has 0 fully saturated rings. The first kappa shape index (κ1) is 16.4. The predicted octanol–water partition coefficient (Wildman–Crippen LogP) is 4.85. The van der Waals surface area contributed by atoms with E-state index in [2.05, 4.69) is 13.8 Å². The van der Waals surface area contributed by atoms with Gasteiger partial charge in [-0.25, -0.2) is 0 Å². The quantitative estimate of drug-likeness (QED) is 0.639. The Hall–Kier alpha value is -1.46. The average molecular weight is 348 g/mol. The number of hydrogen-bond acceptors (Lipinski definition) is 4. The van der Waals surface area contributed by atoms with E-state index in [0.717, 1.165) is 35.1 Å². The molecule has 0 bridgehead atoms. The SMILES string of the molecule is CCCCC(CC)Cn1c(=O)c2ccsc2c2sccc2c1=O. The van der Waals surface area contributed by atoms with Gasteiger partial charge in [0.05, 0.1) is 20.2 Å². The summed E-state index contributed by atoms with van der Waals surface area (Å²) in [7, 11) is 0. The van der Waals surface area contributed by atoms with Crippen molar-refractivity contribution in [2.24, 2.45) is 5.92 Å². The van der Waals surface area contributed by atoms with Gasteiger partial charge in [-0.15, -0.1) is 22.7 Å². The molecule has 1 atom stereocenters. The zero-order chi connectivity index (χ0) is 16.4. The molecular formula is C18H21NO2S2. The molecule has 3 aromatic rings. The van der Waals surface area contributed by atoms with Gasteiger partial charge in [0.2, 0.25) is 0 Å². The Bertz CT molecular complexity index is 868. The Morgan fingerprint density at radius 2 is 1.57 bits per heavy atom. The molecular weight excluding hydrogens is 326 g/mol. The molecule has 0 spiro atoms. The van der Waals surface area contributed by atoms with Crippen LogP contribution < -0.4 is 11.1 Å². The van der Waals surface area contributed by atoms with E-state index < -0.39 is 0 Å². The number of unbranched alkanes of at least 4 members (excludes halogenated alkanes) is 1. The van der Waals surface area contributed by atoms with E-state index in [1.165, 1.54) is 4.57 Å². The summed E-state index contributed by atoms with van der Waals surface area (Å²) in [5.41, 5.74) is -0.269. The van der Waals surface area contributed by atoms with Gasteiger partial charge in [0.25, 0.3) is 11.1 Å². The summed E-state index contributed by atoms with van der Waals surface area (Å²) >= 11 is 3.09. The van der Waals surface area contributed by atoms with Crippen LogP contribution in [0.25, 0.3) is 20.2 Å². The van der Waals surface area contributed by atoms with Crippen molar-refractivity contribution in [3.63, 3.8) is 0 Å². The lowest BCUT2D eigenvalue weighted by Gasteiger charge is -2.14. The topological polar surface area (TPSA) is 39.1 Å². The van der Waals surface area contributed by atoms with Crippen LogP contribution in [-0.4, -0.2) is 4.57 Å². The molecule has 3 nitrogen and oxygen atoms in total. The molecule has 0 aromatic carbocycles. The molecule has 1 unspecified atom stereocenters. The summed E-state index contributed by atoms with van der Waals surface area (Å²) in [6.45, 7) is 4.84. The van der Waals surface area contributed by atoms with Crippen LogP contribution in [0, 0.1) is 5.92 Å². The van der Waals surface area contributed by atoms with E-state index in [1.54, 1.807) is 22.7 Å². The van der Waals surface area contributed by atoms with Crippen LogP contribution in [0.3, 0.4) is 0 Å². The fourth-order valence-electron chi connectivity index (χ4n) is 3.03. The van der Waals surface area contributed by atoms with Gasteiger partial charge >= 0.3 is 0 Å². The summed E-state index contributed by atoms with van der Waals surface area (Å²) in [5.74, 6) is 0.380. The third kappa shape index (κ3) is 3.00. The van der Waals surface area contributed by atoms with E-state index in [1.807, 2.05) is 22.9 Å². The van der Waals surface area contributed by atoms with Crippen LogP contribution in [-0.2, 0) is 6.54 Å². The number of nitrogens with zero attached hydrogens (tertiary/aromatic N) is 1. The highest BCUT2D eigenvalue weighted by atomic mass is 32.1. The minimum atomic E-state index is -0.135. The number of hydrogen-bond donors (Lipinski definition) is 0. The molecule has 0 saturated carbocycles. The second kappa shape index (κ2) is 6.97. The molecule has 0 radical (unpaired) electrons. The minimum Gasteiger partial charge on any atom is -0.274 e. The number of aromatic nitrogens is 1. The van der Waals surface area contributed by atoms with Crippen molar-refractivity contribution in [1.29, 1.82) is 0 Å². The zero-order valence-electron chi connectivity index (χ0n) is 13.5. The van der Waals surface area contributed by atoms with Crippen LogP contribution in [0.4, 0.5) is 0 Å². The summed E-state index contributed by atoms with van der Waals surface area (Å²) < 4.78 is 3.36. The molecule has 0 saturated heterocycles. The van der Waals surface area contributed by atoms with Crippen LogP contribution in [0.5, 0.6) is 0 Å². The first-order valence-corrected chi connectivity index (χ1v) is 9.94. The molecule has 0 aliphatic rings. The van der Waals surface area contributed by atoms with Crippen molar-refractivity contribution in [2.45, 2.75) is 46.1 Å². The fourth-order valence-corrected chi connectivity index (χ4v) is 5.00. The third-order valence-corrected chi connectivity index (χ3v) is 6.46. The van der Waals surface area contributed by atoms with Crippen molar-refractivity contribution in [3.05, 3.63) is 43.6 Å². The zero-order valence-corrected chi connectivity index (χ0v) is 15.1. The molecule has 3 rings (SSSR count). The van der Waals surface area contributed by atoms with E-state index >= 15 is 0 Å². The second-order valence-electron chi connectivity index (χ2n) is 5.96. The third-order valence-electron chi connectivity index (χ3n) is 4.47. The Morgan fingerprint density at radius 3 is 2.04 bits per heavy atom. The highest BCUT2D eigenvalue weighted by molar-refractivity contribution is 7.25. The second-order valence-corrected chi connectivity index (χ2v) is 7.80.